The summed E-state index contributed by atoms with van der Waals surface area (Å²) >= 11 is 0. The summed E-state index contributed by atoms with van der Waals surface area (Å²) in [7, 11) is 0. The van der Waals surface area contributed by atoms with Crippen LogP contribution in [0.3, 0.4) is 0 Å². The van der Waals surface area contributed by atoms with Crippen molar-refractivity contribution < 1.29 is 18.9 Å². The van der Waals surface area contributed by atoms with Crippen molar-refractivity contribution in [2.75, 3.05) is 0 Å². The maximum absolute atomic E-state index is 6.60. The van der Waals surface area contributed by atoms with Crippen LogP contribution >= 0.6 is 0 Å². The Hall–Kier alpha value is -0.160. The van der Waals surface area contributed by atoms with Crippen LogP contribution in [0.15, 0.2) is 0 Å². The first-order valence-electron chi connectivity index (χ1n) is 10.3. The van der Waals surface area contributed by atoms with Crippen molar-refractivity contribution in [2.45, 2.75) is 114 Å². The van der Waals surface area contributed by atoms with Gasteiger partial charge in [0.1, 0.15) is 0 Å². The molecule has 2 saturated heterocycles. The molecule has 24 heavy (non-hydrogen) atoms. The number of hydrogen-bond donors (Lipinski definition) is 0. The number of fused-ring (bicyclic) bond motifs is 2. The molecular weight excluding hydrogens is 304 g/mol. The summed E-state index contributed by atoms with van der Waals surface area (Å²) in [6.07, 6.45) is 12.4. The molecule has 2 spiro atoms. The van der Waals surface area contributed by atoms with E-state index in [9.17, 15) is 0 Å². The minimum Gasteiger partial charge on any atom is -0.344 e. The lowest BCUT2D eigenvalue weighted by atomic mass is 9.75. The molecule has 5 rings (SSSR count). The first-order valence-corrected chi connectivity index (χ1v) is 10.3. The van der Waals surface area contributed by atoms with Crippen molar-refractivity contribution in [1.82, 2.24) is 0 Å². The predicted molar refractivity (Wildman–Crippen MR) is 89.5 cm³/mol. The van der Waals surface area contributed by atoms with Crippen LogP contribution in [-0.4, -0.2) is 36.0 Å². The number of rotatable bonds is 0. The second kappa shape index (κ2) is 5.67. The second-order valence-corrected chi connectivity index (χ2v) is 8.99. The first-order chi connectivity index (χ1) is 11.6. The van der Waals surface area contributed by atoms with Crippen LogP contribution in [-0.2, 0) is 18.9 Å². The summed E-state index contributed by atoms with van der Waals surface area (Å²) in [4.78, 5) is 0. The lowest BCUT2D eigenvalue weighted by Crippen LogP contribution is -2.53. The molecule has 5 fully saturated rings. The van der Waals surface area contributed by atoms with Gasteiger partial charge in [-0.15, -0.1) is 0 Å². The molecule has 2 unspecified atom stereocenters. The van der Waals surface area contributed by atoms with Gasteiger partial charge in [-0.2, -0.15) is 0 Å². The van der Waals surface area contributed by atoms with Gasteiger partial charge in [0.05, 0.1) is 24.4 Å². The Morgan fingerprint density at radius 3 is 1.08 bits per heavy atom. The molecule has 3 aliphatic carbocycles. The van der Waals surface area contributed by atoms with Crippen LogP contribution in [0.1, 0.15) is 78.1 Å². The van der Waals surface area contributed by atoms with Gasteiger partial charge < -0.3 is 18.9 Å². The minimum atomic E-state index is -0.308. The highest BCUT2D eigenvalue weighted by atomic mass is 16.8. The second-order valence-electron chi connectivity index (χ2n) is 8.99. The topological polar surface area (TPSA) is 36.9 Å². The number of hydrogen-bond acceptors (Lipinski definition) is 4. The third-order valence-electron chi connectivity index (χ3n) is 7.35. The van der Waals surface area contributed by atoms with E-state index in [1.54, 1.807) is 0 Å². The highest BCUT2D eigenvalue weighted by Gasteiger charge is 2.63. The average Bonchev–Trinajstić information content (AvgIpc) is 3.14. The van der Waals surface area contributed by atoms with E-state index < -0.39 is 0 Å². The van der Waals surface area contributed by atoms with Crippen molar-refractivity contribution >= 4 is 0 Å². The molecule has 6 atom stereocenters. The first kappa shape index (κ1) is 16.0. The molecule has 4 heteroatoms. The monoisotopic (exact) mass is 336 g/mol. The van der Waals surface area contributed by atoms with Crippen molar-refractivity contribution in [3.8, 4) is 0 Å². The van der Waals surface area contributed by atoms with Gasteiger partial charge in [0.2, 0.25) is 0 Å². The van der Waals surface area contributed by atoms with Gasteiger partial charge in [-0.1, -0.05) is 26.7 Å². The quantitative estimate of drug-likeness (QED) is 0.665. The summed E-state index contributed by atoms with van der Waals surface area (Å²) in [5.41, 5.74) is 0. The predicted octanol–water partition coefficient (Wildman–Crippen LogP) is 4.16. The largest absolute Gasteiger partial charge is 0.344 e. The normalized spacial score (nSPS) is 49.2. The highest BCUT2D eigenvalue weighted by molar-refractivity contribution is 5.06. The van der Waals surface area contributed by atoms with Gasteiger partial charge in [0.15, 0.2) is 11.6 Å². The summed E-state index contributed by atoms with van der Waals surface area (Å²) in [5, 5.41) is 0. The van der Waals surface area contributed by atoms with E-state index in [-0.39, 0.29) is 36.0 Å². The summed E-state index contributed by atoms with van der Waals surface area (Å²) in [6.45, 7) is 4.58. The molecule has 0 radical (unpaired) electrons. The van der Waals surface area contributed by atoms with Crippen LogP contribution in [0.4, 0.5) is 0 Å². The molecule has 0 N–H and O–H groups in total. The van der Waals surface area contributed by atoms with E-state index in [0.29, 0.717) is 11.8 Å². The standard InChI is InChI=1S/C20H32O4/c1-13-15-17(23-19(21-15)9-5-3-6-10-19)14(2)18-16(13)22-20(24-18)11-7-4-8-12-20/h13-18H,3-12H2,1-2H3/t13?,14?,15-,16-,17-,18+/m0/s1. The molecule has 2 aliphatic heterocycles. The van der Waals surface area contributed by atoms with E-state index in [1.807, 2.05) is 0 Å². The Kier molecular flexibility index (Phi) is 3.79. The zero-order chi connectivity index (χ0) is 16.4. The summed E-state index contributed by atoms with van der Waals surface area (Å²) < 4.78 is 26.4. The van der Waals surface area contributed by atoms with E-state index in [1.165, 1.54) is 38.5 Å². The Morgan fingerprint density at radius 1 is 0.500 bits per heavy atom. The fourth-order valence-corrected chi connectivity index (χ4v) is 5.97. The van der Waals surface area contributed by atoms with Crippen molar-refractivity contribution in [3.63, 3.8) is 0 Å². The van der Waals surface area contributed by atoms with E-state index >= 15 is 0 Å². The van der Waals surface area contributed by atoms with Gasteiger partial charge in [-0.3, -0.25) is 0 Å². The Balaban J connectivity index is 1.38. The maximum atomic E-state index is 6.60. The van der Waals surface area contributed by atoms with Crippen LogP contribution in [0.5, 0.6) is 0 Å². The van der Waals surface area contributed by atoms with Gasteiger partial charge >= 0.3 is 0 Å². The summed E-state index contributed by atoms with van der Waals surface area (Å²) in [6, 6.07) is 0. The Morgan fingerprint density at radius 2 is 0.792 bits per heavy atom. The zero-order valence-electron chi connectivity index (χ0n) is 15.2. The molecule has 0 amide bonds. The van der Waals surface area contributed by atoms with Gasteiger partial charge in [-0.05, 0) is 25.7 Å². The SMILES string of the molecule is CC1[C@H]2OC3(CCCCC3)O[C@H]2C(C)[C@@H]2OC3(CCCCC3)O[C@@H]12. The van der Waals surface area contributed by atoms with Crippen LogP contribution in [0.2, 0.25) is 0 Å². The van der Waals surface area contributed by atoms with Gasteiger partial charge in [0, 0.05) is 37.5 Å². The molecule has 3 saturated carbocycles. The molecule has 5 aliphatic rings. The Labute approximate surface area is 145 Å². The fourth-order valence-electron chi connectivity index (χ4n) is 5.97. The van der Waals surface area contributed by atoms with Crippen molar-refractivity contribution in [2.24, 2.45) is 11.8 Å². The molecule has 0 aromatic heterocycles. The van der Waals surface area contributed by atoms with Crippen LogP contribution in [0, 0.1) is 11.8 Å². The maximum Gasteiger partial charge on any atom is 0.169 e. The smallest absolute Gasteiger partial charge is 0.169 e. The van der Waals surface area contributed by atoms with Crippen LogP contribution < -0.4 is 0 Å². The lowest BCUT2D eigenvalue weighted by Gasteiger charge is -2.40. The third-order valence-corrected chi connectivity index (χ3v) is 7.35. The molecule has 0 aromatic rings. The summed E-state index contributed by atoms with van der Waals surface area (Å²) in [5.74, 6) is 0.0757. The number of ether oxygens (including phenoxy) is 4. The third kappa shape index (κ3) is 2.33. The van der Waals surface area contributed by atoms with Crippen molar-refractivity contribution in [1.29, 1.82) is 0 Å². The fraction of sp³-hybridized carbons (Fsp3) is 1.00. The lowest BCUT2D eigenvalue weighted by molar-refractivity contribution is -0.216. The minimum absolute atomic E-state index is 0.168. The molecule has 4 nitrogen and oxygen atoms in total. The van der Waals surface area contributed by atoms with Crippen LogP contribution in [0.25, 0.3) is 0 Å². The molecular formula is C20H32O4. The molecule has 2 heterocycles. The molecule has 136 valence electrons. The highest BCUT2D eigenvalue weighted by Crippen LogP contribution is 2.53. The Bertz CT molecular complexity index is 408. The van der Waals surface area contributed by atoms with Gasteiger partial charge in [-0.25, -0.2) is 0 Å². The zero-order valence-corrected chi connectivity index (χ0v) is 15.2. The van der Waals surface area contributed by atoms with E-state index in [4.69, 9.17) is 18.9 Å². The molecule has 0 aromatic carbocycles. The molecule has 0 bridgehead atoms. The van der Waals surface area contributed by atoms with E-state index in [2.05, 4.69) is 13.8 Å². The average molecular weight is 336 g/mol. The van der Waals surface area contributed by atoms with E-state index in [0.717, 1.165) is 25.7 Å². The van der Waals surface area contributed by atoms with Crippen molar-refractivity contribution in [3.05, 3.63) is 0 Å². The van der Waals surface area contributed by atoms with Gasteiger partial charge in [0.25, 0.3) is 0 Å².